The summed E-state index contributed by atoms with van der Waals surface area (Å²) in [5.41, 5.74) is 0. The lowest BCUT2D eigenvalue weighted by Gasteiger charge is -2.36. The van der Waals surface area contributed by atoms with Gasteiger partial charge in [-0.15, -0.1) is 0 Å². The Hall–Kier alpha value is -0.820. The van der Waals surface area contributed by atoms with Crippen LogP contribution < -0.4 is 5.32 Å². The minimum Gasteiger partial charge on any atom is -0.383 e. The van der Waals surface area contributed by atoms with Crippen LogP contribution in [0.3, 0.4) is 0 Å². The van der Waals surface area contributed by atoms with E-state index < -0.39 is 18.6 Å². The highest BCUT2D eigenvalue weighted by Gasteiger charge is 2.33. The summed E-state index contributed by atoms with van der Waals surface area (Å²) >= 11 is 0. The number of nitrogens with one attached hydrogen (secondary N) is 1. The van der Waals surface area contributed by atoms with Crippen molar-refractivity contribution in [1.29, 1.82) is 0 Å². The maximum Gasteiger partial charge on any atom is 0.390 e. The number of alkyl halides is 3. The number of halogens is 3. The van der Waals surface area contributed by atoms with Crippen molar-refractivity contribution >= 4 is 5.91 Å². The largest absolute Gasteiger partial charge is 0.390 e. The minimum absolute atomic E-state index is 0.0184. The number of hydrogen-bond acceptors (Lipinski definition) is 3. The second kappa shape index (κ2) is 9.35. The molecule has 4 nitrogen and oxygen atoms in total. The average molecular weight is 324 g/mol. The van der Waals surface area contributed by atoms with E-state index in [-0.39, 0.29) is 5.91 Å². The maximum absolute atomic E-state index is 12.4. The molecule has 1 N–H and O–H groups in total. The Bertz CT molecular complexity index is 329. The smallest absolute Gasteiger partial charge is 0.383 e. The first-order chi connectivity index (χ1) is 10.3. The van der Waals surface area contributed by atoms with E-state index in [0.29, 0.717) is 38.6 Å². The van der Waals surface area contributed by atoms with Crippen LogP contribution in [0.5, 0.6) is 0 Å². The second-order valence-corrected chi connectivity index (χ2v) is 6.03. The minimum atomic E-state index is -4.10. The number of likely N-dealkylation sites (tertiary alicyclic amines) is 1. The molecule has 1 fully saturated rings. The number of rotatable bonds is 8. The highest BCUT2D eigenvalue weighted by Crippen LogP contribution is 2.28. The van der Waals surface area contributed by atoms with Crippen LogP contribution in [0, 0.1) is 5.92 Å². The Morgan fingerprint density at radius 2 is 2.00 bits per heavy atom. The lowest BCUT2D eigenvalue weighted by Crippen LogP contribution is -2.42. The molecule has 1 aliphatic rings. The van der Waals surface area contributed by atoms with Gasteiger partial charge in [0.15, 0.2) is 0 Å². The number of piperidine rings is 1. The predicted octanol–water partition coefficient (Wildman–Crippen LogP) is 2.58. The molecule has 0 bridgehead atoms. The SMILES string of the molecule is COCCNC(=O)CCC1CCN(C(C)CC(F)(F)F)CC1. The van der Waals surface area contributed by atoms with Gasteiger partial charge in [0.05, 0.1) is 13.0 Å². The van der Waals surface area contributed by atoms with Crippen molar-refractivity contribution in [3.05, 3.63) is 0 Å². The van der Waals surface area contributed by atoms with Crippen LogP contribution in [0.1, 0.15) is 39.0 Å². The Kier molecular flexibility index (Phi) is 8.17. The van der Waals surface area contributed by atoms with Crippen molar-refractivity contribution in [3.8, 4) is 0 Å². The second-order valence-electron chi connectivity index (χ2n) is 6.03. The molecule has 22 heavy (non-hydrogen) atoms. The Morgan fingerprint density at radius 3 is 2.55 bits per heavy atom. The number of hydrogen-bond donors (Lipinski definition) is 1. The van der Waals surface area contributed by atoms with E-state index in [0.717, 1.165) is 19.3 Å². The summed E-state index contributed by atoms with van der Waals surface area (Å²) in [4.78, 5) is 13.5. The van der Waals surface area contributed by atoms with E-state index in [1.807, 2.05) is 4.90 Å². The van der Waals surface area contributed by atoms with Crippen molar-refractivity contribution in [2.75, 3.05) is 33.4 Å². The molecule has 0 aromatic carbocycles. The van der Waals surface area contributed by atoms with Gasteiger partial charge in [-0.05, 0) is 45.2 Å². The predicted molar refractivity (Wildman–Crippen MR) is 78.6 cm³/mol. The van der Waals surface area contributed by atoms with E-state index in [2.05, 4.69) is 5.32 Å². The Morgan fingerprint density at radius 1 is 1.36 bits per heavy atom. The van der Waals surface area contributed by atoms with Crippen LogP contribution in [-0.4, -0.2) is 56.4 Å². The summed E-state index contributed by atoms with van der Waals surface area (Å²) in [7, 11) is 1.58. The molecular weight excluding hydrogens is 297 g/mol. The number of methoxy groups -OCH3 is 1. The molecule has 0 aliphatic carbocycles. The molecule has 0 aromatic rings. The fourth-order valence-electron chi connectivity index (χ4n) is 2.86. The molecule has 0 saturated carbocycles. The number of carbonyl (C=O) groups is 1. The molecule has 7 heteroatoms. The molecule has 0 aromatic heterocycles. The Balaban J connectivity index is 2.18. The van der Waals surface area contributed by atoms with Gasteiger partial charge < -0.3 is 15.0 Å². The standard InChI is InChI=1S/C15H27F3N2O2/c1-12(11-15(16,17)18)20-8-5-13(6-9-20)3-4-14(21)19-7-10-22-2/h12-13H,3-11H2,1-2H3,(H,19,21). The molecule has 0 spiro atoms. The fourth-order valence-corrected chi connectivity index (χ4v) is 2.86. The maximum atomic E-state index is 12.4. The number of ether oxygens (including phenoxy) is 1. The summed E-state index contributed by atoms with van der Waals surface area (Å²) in [5.74, 6) is 0.451. The van der Waals surface area contributed by atoms with Gasteiger partial charge in [0, 0.05) is 26.1 Å². The lowest BCUT2D eigenvalue weighted by atomic mass is 9.91. The molecule has 1 amide bonds. The van der Waals surface area contributed by atoms with E-state index in [9.17, 15) is 18.0 Å². The van der Waals surface area contributed by atoms with Crippen LogP contribution in [0.2, 0.25) is 0 Å². The van der Waals surface area contributed by atoms with Crippen LogP contribution in [0.15, 0.2) is 0 Å². The van der Waals surface area contributed by atoms with E-state index in [1.165, 1.54) is 0 Å². The average Bonchev–Trinajstić information content (AvgIpc) is 2.44. The quantitative estimate of drug-likeness (QED) is 0.698. The van der Waals surface area contributed by atoms with Crippen molar-refractivity contribution in [2.45, 2.75) is 51.2 Å². The van der Waals surface area contributed by atoms with Crippen LogP contribution >= 0.6 is 0 Å². The molecule has 1 aliphatic heterocycles. The van der Waals surface area contributed by atoms with Gasteiger partial charge in [0.2, 0.25) is 5.91 Å². The first-order valence-corrected chi connectivity index (χ1v) is 7.88. The summed E-state index contributed by atoms with van der Waals surface area (Å²) in [6.07, 6.45) is -1.83. The summed E-state index contributed by atoms with van der Waals surface area (Å²) in [6.45, 7) is 4.03. The van der Waals surface area contributed by atoms with E-state index in [4.69, 9.17) is 4.74 Å². The van der Waals surface area contributed by atoms with Gasteiger partial charge in [-0.2, -0.15) is 13.2 Å². The Labute approximate surface area is 130 Å². The summed E-state index contributed by atoms with van der Waals surface area (Å²) in [5, 5.41) is 2.78. The fraction of sp³-hybridized carbons (Fsp3) is 0.933. The van der Waals surface area contributed by atoms with E-state index in [1.54, 1.807) is 14.0 Å². The van der Waals surface area contributed by atoms with Crippen molar-refractivity contribution in [1.82, 2.24) is 10.2 Å². The third-order valence-corrected chi connectivity index (χ3v) is 4.21. The number of amides is 1. The van der Waals surface area contributed by atoms with Crippen molar-refractivity contribution < 1.29 is 22.7 Å². The molecule has 1 saturated heterocycles. The summed E-state index contributed by atoms with van der Waals surface area (Å²) < 4.78 is 42.0. The summed E-state index contributed by atoms with van der Waals surface area (Å²) in [6, 6.07) is -0.460. The van der Waals surface area contributed by atoms with Crippen molar-refractivity contribution in [3.63, 3.8) is 0 Å². The van der Waals surface area contributed by atoms with Crippen LogP contribution in [-0.2, 0) is 9.53 Å². The molecule has 130 valence electrons. The van der Waals surface area contributed by atoms with Gasteiger partial charge in [-0.1, -0.05) is 0 Å². The number of carbonyl (C=O) groups excluding carboxylic acids is 1. The molecule has 0 radical (unpaired) electrons. The first kappa shape index (κ1) is 19.2. The van der Waals surface area contributed by atoms with Gasteiger partial charge >= 0.3 is 6.18 Å². The third kappa shape index (κ3) is 7.98. The van der Waals surface area contributed by atoms with Crippen LogP contribution in [0.25, 0.3) is 0 Å². The van der Waals surface area contributed by atoms with Crippen LogP contribution in [0.4, 0.5) is 13.2 Å². The number of nitrogens with zero attached hydrogens (tertiary/aromatic N) is 1. The molecule has 1 rings (SSSR count). The normalized spacial score (nSPS) is 19.1. The zero-order valence-corrected chi connectivity index (χ0v) is 13.4. The zero-order chi connectivity index (χ0) is 16.6. The highest BCUT2D eigenvalue weighted by atomic mass is 19.4. The zero-order valence-electron chi connectivity index (χ0n) is 13.4. The van der Waals surface area contributed by atoms with Gasteiger partial charge in [-0.3, -0.25) is 4.79 Å². The molecule has 1 heterocycles. The molecule has 1 unspecified atom stereocenters. The van der Waals surface area contributed by atoms with Crippen molar-refractivity contribution in [2.24, 2.45) is 5.92 Å². The van der Waals surface area contributed by atoms with Gasteiger partial charge in [0.25, 0.3) is 0 Å². The monoisotopic (exact) mass is 324 g/mol. The first-order valence-electron chi connectivity index (χ1n) is 7.88. The lowest BCUT2D eigenvalue weighted by molar-refractivity contribution is -0.147. The molecular formula is C15H27F3N2O2. The van der Waals surface area contributed by atoms with Gasteiger partial charge in [0.1, 0.15) is 0 Å². The topological polar surface area (TPSA) is 41.6 Å². The van der Waals surface area contributed by atoms with E-state index >= 15 is 0 Å². The highest BCUT2D eigenvalue weighted by molar-refractivity contribution is 5.75. The third-order valence-electron chi connectivity index (χ3n) is 4.21. The molecule has 1 atom stereocenters. The van der Waals surface area contributed by atoms with Gasteiger partial charge in [-0.25, -0.2) is 0 Å².